The van der Waals surface area contributed by atoms with Crippen LogP contribution >= 0.6 is 0 Å². The molecule has 0 aliphatic heterocycles. The molecule has 0 bridgehead atoms. The van der Waals surface area contributed by atoms with Crippen LogP contribution in [0.15, 0.2) is 30.6 Å². The molecule has 4 nitrogen and oxygen atoms in total. The Morgan fingerprint density at radius 1 is 1.17 bits per heavy atom. The fourth-order valence-electron chi connectivity index (χ4n) is 1.79. The minimum absolute atomic E-state index is 0.111. The van der Waals surface area contributed by atoms with Gasteiger partial charge < -0.3 is 0 Å². The van der Waals surface area contributed by atoms with Gasteiger partial charge in [-0.3, -0.25) is 0 Å². The Morgan fingerprint density at radius 3 is 2.61 bits per heavy atom. The largest absolute Gasteiger partial charge is 0.252 e. The monoisotopic (exact) mass is 246 g/mol. The molecule has 0 atom stereocenters. The van der Waals surface area contributed by atoms with Crippen molar-refractivity contribution in [2.45, 2.75) is 6.92 Å². The van der Waals surface area contributed by atoms with Crippen LogP contribution in [0.2, 0.25) is 0 Å². The molecule has 0 aliphatic rings. The first kappa shape index (κ1) is 10.8. The highest BCUT2D eigenvalue weighted by Crippen LogP contribution is 2.24. The second kappa shape index (κ2) is 3.83. The molecule has 6 heteroatoms. The zero-order valence-corrected chi connectivity index (χ0v) is 9.43. The highest BCUT2D eigenvalue weighted by Gasteiger charge is 2.12. The lowest BCUT2D eigenvalue weighted by molar-refractivity contribution is 0.589. The van der Waals surface area contributed by atoms with Crippen molar-refractivity contribution in [3.8, 4) is 11.1 Å². The van der Waals surface area contributed by atoms with Gasteiger partial charge >= 0.3 is 0 Å². The van der Waals surface area contributed by atoms with Gasteiger partial charge in [0, 0.05) is 18.0 Å². The van der Waals surface area contributed by atoms with Gasteiger partial charge in [0.1, 0.15) is 17.5 Å². The summed E-state index contributed by atoms with van der Waals surface area (Å²) in [5.74, 6) is -0.317. The topological polar surface area (TPSA) is 43.1 Å². The van der Waals surface area contributed by atoms with E-state index in [-0.39, 0.29) is 5.56 Å². The summed E-state index contributed by atoms with van der Waals surface area (Å²) in [7, 11) is 0. The van der Waals surface area contributed by atoms with Gasteiger partial charge in [0.25, 0.3) is 5.78 Å². The number of aryl methyl sites for hydroxylation is 1. The first-order chi connectivity index (χ1) is 8.65. The van der Waals surface area contributed by atoms with Crippen LogP contribution < -0.4 is 0 Å². The molecular weight excluding hydrogens is 238 g/mol. The lowest BCUT2D eigenvalue weighted by Crippen LogP contribution is -1.95. The van der Waals surface area contributed by atoms with E-state index in [1.54, 1.807) is 6.92 Å². The predicted molar refractivity (Wildman–Crippen MR) is 60.9 cm³/mol. The average molecular weight is 246 g/mol. The summed E-state index contributed by atoms with van der Waals surface area (Å²) in [6, 6.07) is 3.73. The van der Waals surface area contributed by atoms with Crippen molar-refractivity contribution in [3.05, 3.63) is 48.1 Å². The summed E-state index contributed by atoms with van der Waals surface area (Å²) in [6.45, 7) is 1.72. The Bertz CT molecular complexity index is 716. The van der Waals surface area contributed by atoms with Crippen LogP contribution in [0, 0.1) is 18.6 Å². The Balaban J connectivity index is 2.25. The molecule has 3 rings (SSSR count). The minimum atomic E-state index is -0.631. The van der Waals surface area contributed by atoms with E-state index >= 15 is 0 Å². The molecule has 0 fully saturated rings. The summed E-state index contributed by atoms with van der Waals surface area (Å²) < 4.78 is 28.7. The Kier molecular flexibility index (Phi) is 2.29. The minimum Gasteiger partial charge on any atom is -0.219 e. The van der Waals surface area contributed by atoms with Crippen LogP contribution in [0.1, 0.15) is 5.82 Å². The van der Waals surface area contributed by atoms with E-state index in [1.807, 2.05) is 0 Å². The highest BCUT2D eigenvalue weighted by atomic mass is 19.1. The summed E-state index contributed by atoms with van der Waals surface area (Å²) in [5.41, 5.74) is 0.211. The van der Waals surface area contributed by atoms with Gasteiger partial charge in [-0.25, -0.2) is 18.3 Å². The summed E-state index contributed by atoms with van der Waals surface area (Å²) in [4.78, 5) is 8.06. The van der Waals surface area contributed by atoms with Crippen molar-refractivity contribution in [2.75, 3.05) is 0 Å². The van der Waals surface area contributed by atoms with E-state index in [4.69, 9.17) is 0 Å². The van der Waals surface area contributed by atoms with Crippen LogP contribution in [-0.2, 0) is 0 Å². The Hall–Kier alpha value is -2.37. The number of benzene rings is 1. The summed E-state index contributed by atoms with van der Waals surface area (Å²) in [6.07, 6.45) is 2.88. The molecule has 0 saturated carbocycles. The molecule has 0 radical (unpaired) electrons. The van der Waals surface area contributed by atoms with E-state index < -0.39 is 11.6 Å². The third-order valence-electron chi connectivity index (χ3n) is 2.55. The fraction of sp³-hybridized carbons (Fsp3) is 0.0833. The molecule has 2 aromatic heterocycles. The number of halogens is 2. The lowest BCUT2D eigenvalue weighted by Gasteiger charge is -2.04. The van der Waals surface area contributed by atoms with Gasteiger partial charge in [0.15, 0.2) is 0 Å². The van der Waals surface area contributed by atoms with Crippen molar-refractivity contribution in [1.29, 1.82) is 0 Å². The lowest BCUT2D eigenvalue weighted by atomic mass is 10.1. The van der Waals surface area contributed by atoms with Gasteiger partial charge in [0.05, 0.1) is 5.56 Å². The molecule has 18 heavy (non-hydrogen) atoms. The van der Waals surface area contributed by atoms with Crippen molar-refractivity contribution in [3.63, 3.8) is 0 Å². The molecule has 0 aliphatic carbocycles. The number of hydrogen-bond acceptors (Lipinski definition) is 3. The summed E-state index contributed by atoms with van der Waals surface area (Å²) >= 11 is 0. The number of nitrogens with zero attached hydrogens (tertiary/aromatic N) is 4. The molecule has 1 aromatic carbocycles. The standard InChI is InChI=1S/C12H8F2N4/c1-7-16-12-15-5-8(6-18(12)17-7)11-9(13)3-2-4-10(11)14/h2-6H,1H3. The maximum Gasteiger partial charge on any atom is 0.252 e. The van der Waals surface area contributed by atoms with Crippen LogP contribution in [0.5, 0.6) is 0 Å². The number of hydrogen-bond donors (Lipinski definition) is 0. The zero-order valence-electron chi connectivity index (χ0n) is 9.43. The first-order valence-electron chi connectivity index (χ1n) is 5.28. The van der Waals surface area contributed by atoms with E-state index in [9.17, 15) is 8.78 Å². The van der Waals surface area contributed by atoms with Crippen molar-refractivity contribution in [2.24, 2.45) is 0 Å². The second-order valence-corrected chi connectivity index (χ2v) is 3.84. The van der Waals surface area contributed by atoms with Crippen LogP contribution in [0.4, 0.5) is 8.78 Å². The molecule has 0 N–H and O–H groups in total. The van der Waals surface area contributed by atoms with E-state index in [0.29, 0.717) is 17.2 Å². The smallest absolute Gasteiger partial charge is 0.219 e. The molecule has 90 valence electrons. The Morgan fingerprint density at radius 2 is 1.89 bits per heavy atom. The summed E-state index contributed by atoms with van der Waals surface area (Å²) in [5, 5.41) is 4.06. The van der Waals surface area contributed by atoms with Crippen LogP contribution in [0.25, 0.3) is 16.9 Å². The van der Waals surface area contributed by atoms with Gasteiger partial charge in [-0.2, -0.15) is 10.1 Å². The molecule has 0 saturated heterocycles. The third-order valence-corrected chi connectivity index (χ3v) is 2.55. The SMILES string of the molecule is Cc1nc2ncc(-c3c(F)cccc3F)cn2n1. The van der Waals surface area contributed by atoms with Gasteiger partial charge in [-0.15, -0.1) is 0 Å². The highest BCUT2D eigenvalue weighted by molar-refractivity contribution is 5.63. The van der Waals surface area contributed by atoms with Gasteiger partial charge in [-0.1, -0.05) is 6.07 Å². The third kappa shape index (κ3) is 1.62. The van der Waals surface area contributed by atoms with E-state index in [1.165, 1.54) is 35.1 Å². The molecular formula is C12H8F2N4. The maximum absolute atomic E-state index is 13.6. The normalized spacial score (nSPS) is 11.1. The van der Waals surface area contributed by atoms with Crippen LogP contribution in [-0.4, -0.2) is 19.6 Å². The quantitative estimate of drug-likeness (QED) is 0.662. The van der Waals surface area contributed by atoms with Gasteiger partial charge in [0.2, 0.25) is 0 Å². The van der Waals surface area contributed by atoms with Gasteiger partial charge in [-0.05, 0) is 19.1 Å². The molecule has 0 amide bonds. The van der Waals surface area contributed by atoms with Crippen molar-refractivity contribution < 1.29 is 8.78 Å². The maximum atomic E-state index is 13.6. The van der Waals surface area contributed by atoms with E-state index in [2.05, 4.69) is 15.1 Å². The molecule has 0 unspecified atom stereocenters. The average Bonchev–Trinajstić information content (AvgIpc) is 2.68. The van der Waals surface area contributed by atoms with Crippen molar-refractivity contribution in [1.82, 2.24) is 19.6 Å². The second-order valence-electron chi connectivity index (χ2n) is 3.84. The predicted octanol–water partition coefficient (Wildman–Crippen LogP) is 2.38. The van der Waals surface area contributed by atoms with E-state index in [0.717, 1.165) is 0 Å². The zero-order chi connectivity index (χ0) is 12.7. The number of fused-ring (bicyclic) bond motifs is 1. The Labute approximate surface area is 101 Å². The molecule has 3 aromatic rings. The molecule has 2 heterocycles. The number of aromatic nitrogens is 4. The molecule has 0 spiro atoms. The number of rotatable bonds is 1. The van der Waals surface area contributed by atoms with Crippen molar-refractivity contribution >= 4 is 5.78 Å². The first-order valence-corrected chi connectivity index (χ1v) is 5.28. The fourth-order valence-corrected chi connectivity index (χ4v) is 1.79. The van der Waals surface area contributed by atoms with Crippen LogP contribution in [0.3, 0.4) is 0 Å².